The lowest BCUT2D eigenvalue weighted by atomic mass is 9.58. The molecule has 0 saturated heterocycles. The number of fused-ring (bicyclic) bond motifs is 1. The summed E-state index contributed by atoms with van der Waals surface area (Å²) in [7, 11) is 1.42. The molecule has 2 aliphatic rings. The SMILES string of the molecule is CCCCC1(CC)CC(COc2ccc3c(c2)C(=O)N(C(CCC(=O)CC)C(C)=O)C3=O)C1.Cc1c(Cl)cc(C(C)(C)c2ccc(OCc3ccnc(N[N+](C)(O)S)n3)cc2)cc1C#N. The van der Waals surface area contributed by atoms with Crippen LogP contribution in [-0.4, -0.2) is 67.3 Å². The number of halogens is 1. The molecule has 15 heteroatoms. The molecule has 2 heterocycles. The summed E-state index contributed by atoms with van der Waals surface area (Å²) in [6, 6.07) is 19.6. The van der Waals surface area contributed by atoms with Gasteiger partial charge >= 0.3 is 0 Å². The van der Waals surface area contributed by atoms with Crippen LogP contribution in [0.25, 0.3) is 0 Å². The van der Waals surface area contributed by atoms with Crippen molar-refractivity contribution < 1.29 is 38.0 Å². The van der Waals surface area contributed by atoms with Gasteiger partial charge in [0.25, 0.3) is 17.8 Å². The first-order chi connectivity index (χ1) is 30.7. The summed E-state index contributed by atoms with van der Waals surface area (Å²) in [5.41, 5.74) is 7.34. The zero-order valence-corrected chi connectivity index (χ0v) is 40.4. The van der Waals surface area contributed by atoms with Crippen LogP contribution in [0.15, 0.2) is 66.9 Å². The van der Waals surface area contributed by atoms with E-state index in [4.69, 9.17) is 21.1 Å². The Hall–Kier alpha value is -5.33. The number of amides is 2. The summed E-state index contributed by atoms with van der Waals surface area (Å²) < 4.78 is 11.1. The molecule has 2 unspecified atom stereocenters. The second-order valence-corrected chi connectivity index (χ2v) is 19.1. The van der Waals surface area contributed by atoms with E-state index in [9.17, 15) is 29.6 Å². The summed E-state index contributed by atoms with van der Waals surface area (Å²) in [6.45, 7) is 14.5. The minimum Gasteiger partial charge on any atom is -0.493 e. The molecular weight excluding hydrogens is 864 g/mol. The molecule has 0 bridgehead atoms. The number of nitrogens with zero attached hydrogens (tertiary/aromatic N) is 5. The number of hydrogen-bond acceptors (Lipinski definition) is 12. The normalized spacial score (nSPS) is 18.0. The highest BCUT2D eigenvalue weighted by Gasteiger charge is 2.43. The van der Waals surface area contributed by atoms with Gasteiger partial charge in [-0.05, 0) is 120 Å². The molecular formula is C50H62ClN6O7S+. The number of ketones is 2. The summed E-state index contributed by atoms with van der Waals surface area (Å²) in [6.07, 6.45) is 9.61. The first kappa shape index (κ1) is 50.7. The van der Waals surface area contributed by atoms with Crippen LogP contribution < -0.4 is 14.9 Å². The van der Waals surface area contributed by atoms with E-state index in [-0.39, 0.29) is 53.5 Å². The van der Waals surface area contributed by atoms with E-state index in [1.165, 1.54) is 52.5 Å². The minimum atomic E-state index is -0.919. The Balaban J connectivity index is 0.000000244. The molecule has 13 nitrogen and oxygen atoms in total. The van der Waals surface area contributed by atoms with Crippen molar-refractivity contribution in [3.8, 4) is 17.6 Å². The largest absolute Gasteiger partial charge is 0.493 e. The summed E-state index contributed by atoms with van der Waals surface area (Å²) in [5, 5.41) is 19.7. The third kappa shape index (κ3) is 12.7. The highest BCUT2D eigenvalue weighted by atomic mass is 35.5. The standard InChI is InChI=1S/C27H37NO5.C23H25ClN5O2S/c1-5-8-13-27(7-3)15-19(16-27)17-33-21-10-11-22-23(14-21)26(32)28(25(22)31)24(18(4)29)12-9-20(30)6-2;1-15-16(13-25)11-18(12-21(15)24)23(2,3)17-5-7-20(8-6-17)31-14-19-9-10-26-22(27-19)28-29(4,30)32/h10-11,14,19,24H,5-9,12-13,15-17H2,1-4H3;5-12,30,32H,14H2,1-4H3,(H,26,27,28)/q;+1. The lowest BCUT2D eigenvalue weighted by Crippen LogP contribution is -2.44. The molecule has 346 valence electrons. The molecule has 6 rings (SSSR count). The number of rotatable bonds is 20. The van der Waals surface area contributed by atoms with Gasteiger partial charge in [-0.2, -0.15) is 15.9 Å². The maximum absolute atomic E-state index is 13.1. The highest BCUT2D eigenvalue weighted by Crippen LogP contribution is 2.51. The number of nitriles is 1. The summed E-state index contributed by atoms with van der Waals surface area (Å²) >= 11 is 10.3. The summed E-state index contributed by atoms with van der Waals surface area (Å²) in [4.78, 5) is 59.3. The predicted octanol–water partition coefficient (Wildman–Crippen LogP) is 10.6. The van der Waals surface area contributed by atoms with Gasteiger partial charge in [0.1, 0.15) is 43.8 Å². The van der Waals surface area contributed by atoms with Crippen molar-refractivity contribution >= 4 is 53.7 Å². The quantitative estimate of drug-likeness (QED) is 0.0333. The van der Waals surface area contributed by atoms with Crippen LogP contribution in [0.1, 0.15) is 148 Å². The van der Waals surface area contributed by atoms with E-state index in [2.05, 4.69) is 62.0 Å². The van der Waals surface area contributed by atoms with Gasteiger partial charge in [-0.15, -0.1) is 0 Å². The molecule has 1 aliphatic carbocycles. The number of carbonyl (C=O) groups is 4. The number of thiol groups is 1. The number of quaternary nitrogens is 1. The van der Waals surface area contributed by atoms with E-state index >= 15 is 0 Å². The molecule has 65 heavy (non-hydrogen) atoms. The minimum absolute atomic E-state index is 0.00586. The molecule has 0 spiro atoms. The number of anilines is 1. The van der Waals surface area contributed by atoms with Crippen molar-refractivity contribution in [2.24, 2.45) is 11.3 Å². The Labute approximate surface area is 393 Å². The number of hydroxylamine groups is 1. The zero-order chi connectivity index (χ0) is 47.7. The van der Waals surface area contributed by atoms with E-state index in [0.29, 0.717) is 52.1 Å². The number of hydrogen-bond donors (Lipinski definition) is 3. The molecule has 1 saturated carbocycles. The van der Waals surface area contributed by atoms with Gasteiger partial charge in [0.15, 0.2) is 5.78 Å². The molecule has 1 aliphatic heterocycles. The number of nitrogens with one attached hydrogen (secondary N) is 1. The molecule has 1 aromatic heterocycles. The van der Waals surface area contributed by atoms with Gasteiger partial charge in [-0.25, -0.2) is 9.97 Å². The number of ether oxygens (including phenoxy) is 2. The van der Waals surface area contributed by atoms with Crippen molar-refractivity contribution in [3.63, 3.8) is 0 Å². The lowest BCUT2D eigenvalue weighted by molar-refractivity contribution is -0.955. The smallest absolute Gasteiger partial charge is 0.273 e. The van der Waals surface area contributed by atoms with Crippen LogP contribution >= 0.6 is 24.4 Å². The molecule has 2 amide bonds. The fourth-order valence-corrected chi connectivity index (χ4v) is 8.79. The van der Waals surface area contributed by atoms with Crippen molar-refractivity contribution in [1.29, 1.82) is 5.26 Å². The molecule has 1 fully saturated rings. The average Bonchev–Trinajstić information content (AvgIpc) is 3.50. The van der Waals surface area contributed by atoms with Crippen LogP contribution in [0.5, 0.6) is 11.5 Å². The van der Waals surface area contributed by atoms with Gasteiger partial charge in [0.2, 0.25) is 0 Å². The first-order valence-electron chi connectivity index (χ1n) is 22.3. The number of unbranched alkanes of at least 4 members (excludes halogenated alkanes) is 1. The van der Waals surface area contributed by atoms with Gasteiger partial charge in [0, 0.05) is 29.5 Å². The molecule has 2 atom stereocenters. The Bertz CT molecular complexity index is 2410. The van der Waals surface area contributed by atoms with Crippen molar-refractivity contribution in [2.45, 2.75) is 124 Å². The fourth-order valence-electron chi connectivity index (χ4n) is 8.49. The van der Waals surface area contributed by atoms with E-state index in [1.807, 2.05) is 43.3 Å². The molecule has 3 aromatic carbocycles. The van der Waals surface area contributed by atoms with Crippen LogP contribution in [0.3, 0.4) is 0 Å². The third-order valence-electron chi connectivity index (χ3n) is 12.7. The number of carbonyl (C=O) groups excluding carboxylic acids is 4. The first-order valence-corrected chi connectivity index (χ1v) is 23.1. The lowest BCUT2D eigenvalue weighted by Gasteiger charge is -2.47. The van der Waals surface area contributed by atoms with Gasteiger partial charge in [0.05, 0.1) is 41.1 Å². The van der Waals surface area contributed by atoms with Gasteiger partial charge in [-0.1, -0.05) is 77.6 Å². The Morgan fingerprint density at radius 3 is 2.32 bits per heavy atom. The van der Waals surface area contributed by atoms with Crippen LogP contribution in [0.4, 0.5) is 5.95 Å². The molecule has 0 radical (unpaired) electrons. The highest BCUT2D eigenvalue weighted by molar-refractivity contribution is 7.74. The Kier molecular flexibility index (Phi) is 17.0. The topological polar surface area (TPSA) is 172 Å². The zero-order valence-electron chi connectivity index (χ0n) is 38.7. The van der Waals surface area contributed by atoms with Crippen molar-refractivity contribution in [1.82, 2.24) is 14.9 Å². The van der Waals surface area contributed by atoms with Gasteiger partial charge < -0.3 is 9.47 Å². The number of aromatic nitrogens is 2. The Morgan fingerprint density at radius 1 is 1.03 bits per heavy atom. The fraction of sp³-hybridized carbons (Fsp3) is 0.460. The second kappa shape index (κ2) is 21.8. The predicted molar refractivity (Wildman–Crippen MR) is 253 cm³/mol. The molecule has 2 N–H and O–H groups in total. The third-order valence-corrected chi connectivity index (χ3v) is 13.2. The monoisotopic (exact) mass is 925 g/mol. The maximum atomic E-state index is 13.1. The second-order valence-electron chi connectivity index (χ2n) is 17.9. The average molecular weight is 927 g/mol. The van der Waals surface area contributed by atoms with Crippen molar-refractivity contribution in [3.05, 3.63) is 111 Å². The van der Waals surface area contributed by atoms with E-state index in [0.717, 1.165) is 21.6 Å². The number of imide groups is 1. The van der Waals surface area contributed by atoms with Crippen LogP contribution in [0.2, 0.25) is 5.02 Å². The number of benzene rings is 3. The van der Waals surface area contributed by atoms with E-state index in [1.54, 1.807) is 37.4 Å². The molecule has 4 aromatic rings. The number of Topliss-reactive ketones (excluding diaryl/α,β-unsaturated/α-hetero) is 2. The Morgan fingerprint density at radius 2 is 1.71 bits per heavy atom. The summed E-state index contributed by atoms with van der Waals surface area (Å²) in [5.74, 6) is 0.753. The maximum Gasteiger partial charge on any atom is 0.273 e. The van der Waals surface area contributed by atoms with E-state index < -0.39 is 22.0 Å². The van der Waals surface area contributed by atoms with Crippen molar-refractivity contribution in [2.75, 3.05) is 19.1 Å². The van der Waals surface area contributed by atoms with Crippen LogP contribution in [-0.2, 0) is 21.6 Å². The van der Waals surface area contributed by atoms with Gasteiger partial charge in [-0.3, -0.25) is 24.1 Å². The van der Waals surface area contributed by atoms with Crippen LogP contribution in [0, 0.1) is 29.6 Å².